The lowest BCUT2D eigenvalue weighted by Gasteiger charge is -2.32. The number of hydrogen-bond acceptors (Lipinski definition) is 2. The summed E-state index contributed by atoms with van der Waals surface area (Å²) in [7, 11) is 0. The summed E-state index contributed by atoms with van der Waals surface area (Å²) in [4.78, 5) is 0. The molecule has 0 saturated carbocycles. The molecule has 14 heavy (non-hydrogen) atoms. The first-order chi connectivity index (χ1) is 6.71. The lowest BCUT2D eigenvalue weighted by Crippen LogP contribution is -2.33. The Bertz CT molecular complexity index is 302. The third-order valence-electron chi connectivity index (χ3n) is 2.55. The van der Waals surface area contributed by atoms with Gasteiger partial charge in [0, 0.05) is 17.0 Å². The molecule has 2 rings (SSSR count). The Balaban J connectivity index is 2.23. The van der Waals surface area contributed by atoms with Crippen molar-refractivity contribution in [1.29, 1.82) is 0 Å². The van der Waals surface area contributed by atoms with Gasteiger partial charge in [-0.1, -0.05) is 23.7 Å². The molecule has 0 radical (unpaired) electrons. The van der Waals surface area contributed by atoms with Gasteiger partial charge in [0.25, 0.3) is 0 Å². The Kier molecular flexibility index (Phi) is 2.77. The van der Waals surface area contributed by atoms with E-state index in [1.807, 2.05) is 12.1 Å². The van der Waals surface area contributed by atoms with E-state index < -0.39 is 5.79 Å². The summed E-state index contributed by atoms with van der Waals surface area (Å²) in [5, 5.41) is 10.8. The van der Waals surface area contributed by atoms with Crippen LogP contribution in [0.1, 0.15) is 24.8 Å². The van der Waals surface area contributed by atoms with Crippen molar-refractivity contribution in [3.05, 3.63) is 34.9 Å². The molecule has 1 atom stereocenters. The van der Waals surface area contributed by atoms with E-state index in [1.54, 1.807) is 12.1 Å². The molecule has 0 bridgehead atoms. The SMILES string of the molecule is OC1(c2ccc(Cl)cc2)CCCCO1. The van der Waals surface area contributed by atoms with Gasteiger partial charge in [-0.2, -0.15) is 0 Å². The number of benzene rings is 1. The fourth-order valence-electron chi connectivity index (χ4n) is 1.72. The molecule has 0 aliphatic carbocycles. The van der Waals surface area contributed by atoms with Crippen molar-refractivity contribution >= 4 is 11.6 Å². The van der Waals surface area contributed by atoms with E-state index in [1.165, 1.54) is 0 Å². The lowest BCUT2D eigenvalue weighted by molar-refractivity contribution is -0.233. The highest BCUT2D eigenvalue weighted by molar-refractivity contribution is 6.30. The molecule has 1 fully saturated rings. The zero-order chi connectivity index (χ0) is 10.0. The minimum absolute atomic E-state index is 0.624. The van der Waals surface area contributed by atoms with Crippen LogP contribution in [0.3, 0.4) is 0 Å². The van der Waals surface area contributed by atoms with E-state index in [0.29, 0.717) is 18.1 Å². The number of halogens is 1. The molecule has 3 heteroatoms. The van der Waals surface area contributed by atoms with Gasteiger partial charge in [-0.15, -0.1) is 0 Å². The predicted molar refractivity (Wildman–Crippen MR) is 55.2 cm³/mol. The molecular weight excluding hydrogens is 200 g/mol. The lowest BCUT2D eigenvalue weighted by atomic mass is 9.98. The summed E-state index contributed by atoms with van der Waals surface area (Å²) < 4.78 is 5.40. The maximum absolute atomic E-state index is 10.2. The summed E-state index contributed by atoms with van der Waals surface area (Å²) in [6.45, 7) is 0.624. The van der Waals surface area contributed by atoms with Gasteiger partial charge >= 0.3 is 0 Å². The minimum Gasteiger partial charge on any atom is -0.362 e. The second-order valence-electron chi connectivity index (χ2n) is 3.60. The van der Waals surface area contributed by atoms with Gasteiger partial charge in [-0.25, -0.2) is 0 Å². The Morgan fingerprint density at radius 1 is 1.21 bits per heavy atom. The second kappa shape index (κ2) is 3.89. The Hall–Kier alpha value is -0.570. The molecule has 0 amide bonds. The normalized spacial score (nSPS) is 27.6. The van der Waals surface area contributed by atoms with Crippen molar-refractivity contribution in [3.8, 4) is 0 Å². The van der Waals surface area contributed by atoms with Gasteiger partial charge < -0.3 is 9.84 Å². The number of rotatable bonds is 1. The van der Waals surface area contributed by atoms with Crippen molar-refractivity contribution in [3.63, 3.8) is 0 Å². The summed E-state index contributed by atoms with van der Waals surface area (Å²) in [5.74, 6) is -1.09. The first kappa shape index (κ1) is 9.97. The number of ether oxygens (including phenoxy) is 1. The maximum Gasteiger partial charge on any atom is 0.192 e. The maximum atomic E-state index is 10.2. The zero-order valence-electron chi connectivity index (χ0n) is 7.87. The van der Waals surface area contributed by atoms with Gasteiger partial charge in [0.1, 0.15) is 0 Å². The molecule has 0 aromatic heterocycles. The molecule has 1 unspecified atom stereocenters. The van der Waals surface area contributed by atoms with Crippen molar-refractivity contribution in [2.24, 2.45) is 0 Å². The third kappa shape index (κ3) is 1.92. The van der Waals surface area contributed by atoms with Crippen LogP contribution in [0.4, 0.5) is 0 Å². The fourth-order valence-corrected chi connectivity index (χ4v) is 1.84. The summed E-state index contributed by atoms with van der Waals surface area (Å²) in [6.07, 6.45) is 2.68. The van der Waals surface area contributed by atoms with E-state index in [2.05, 4.69) is 0 Å². The van der Waals surface area contributed by atoms with Crippen molar-refractivity contribution in [1.82, 2.24) is 0 Å². The van der Waals surface area contributed by atoms with E-state index in [9.17, 15) is 5.11 Å². The monoisotopic (exact) mass is 212 g/mol. The molecule has 2 nitrogen and oxygen atoms in total. The average Bonchev–Trinajstić information content (AvgIpc) is 2.19. The highest BCUT2D eigenvalue weighted by Gasteiger charge is 2.32. The highest BCUT2D eigenvalue weighted by Crippen LogP contribution is 2.32. The number of aliphatic hydroxyl groups is 1. The van der Waals surface area contributed by atoms with Crippen LogP contribution in [0.5, 0.6) is 0 Å². The molecule has 1 heterocycles. The van der Waals surface area contributed by atoms with Crippen LogP contribution in [0, 0.1) is 0 Å². The largest absolute Gasteiger partial charge is 0.362 e. The summed E-state index contributed by atoms with van der Waals surface area (Å²) in [5.41, 5.74) is 0.793. The van der Waals surface area contributed by atoms with Crippen LogP contribution >= 0.6 is 11.6 Å². The zero-order valence-corrected chi connectivity index (χ0v) is 8.63. The molecule has 0 spiro atoms. The fraction of sp³-hybridized carbons (Fsp3) is 0.455. The molecule has 1 saturated heterocycles. The van der Waals surface area contributed by atoms with E-state index in [4.69, 9.17) is 16.3 Å². The standard InChI is InChI=1S/C11H13ClO2/c12-10-5-3-9(4-6-10)11(13)7-1-2-8-14-11/h3-6,13H,1-2,7-8H2. The summed E-state index contributed by atoms with van der Waals surface area (Å²) in [6, 6.07) is 7.17. The Morgan fingerprint density at radius 2 is 1.93 bits per heavy atom. The van der Waals surface area contributed by atoms with E-state index in [0.717, 1.165) is 18.4 Å². The number of hydrogen-bond donors (Lipinski definition) is 1. The quantitative estimate of drug-likeness (QED) is 0.776. The second-order valence-corrected chi connectivity index (χ2v) is 4.03. The minimum atomic E-state index is -1.09. The third-order valence-corrected chi connectivity index (χ3v) is 2.80. The van der Waals surface area contributed by atoms with Crippen LogP contribution in [-0.2, 0) is 10.5 Å². The van der Waals surface area contributed by atoms with Gasteiger partial charge in [0.05, 0.1) is 6.61 Å². The molecular formula is C11H13ClO2. The van der Waals surface area contributed by atoms with Crippen LogP contribution in [0.25, 0.3) is 0 Å². The first-order valence-corrected chi connectivity index (χ1v) is 5.21. The van der Waals surface area contributed by atoms with E-state index >= 15 is 0 Å². The molecule has 76 valence electrons. The molecule has 1 N–H and O–H groups in total. The molecule has 1 aliphatic heterocycles. The van der Waals surface area contributed by atoms with Gasteiger partial charge in [0.2, 0.25) is 0 Å². The van der Waals surface area contributed by atoms with Crippen LogP contribution in [0.2, 0.25) is 5.02 Å². The Morgan fingerprint density at radius 3 is 2.50 bits per heavy atom. The van der Waals surface area contributed by atoms with Crippen LogP contribution in [-0.4, -0.2) is 11.7 Å². The molecule has 1 aromatic rings. The Labute approximate surface area is 88.5 Å². The average molecular weight is 213 g/mol. The van der Waals surface area contributed by atoms with Crippen LogP contribution in [0.15, 0.2) is 24.3 Å². The molecule has 1 aliphatic rings. The van der Waals surface area contributed by atoms with Crippen molar-refractivity contribution < 1.29 is 9.84 Å². The smallest absolute Gasteiger partial charge is 0.192 e. The van der Waals surface area contributed by atoms with Gasteiger partial charge in [0.15, 0.2) is 5.79 Å². The first-order valence-electron chi connectivity index (χ1n) is 4.83. The highest BCUT2D eigenvalue weighted by atomic mass is 35.5. The van der Waals surface area contributed by atoms with Crippen LogP contribution < -0.4 is 0 Å². The predicted octanol–water partition coefficient (Wildman–Crippen LogP) is 2.69. The van der Waals surface area contributed by atoms with Gasteiger partial charge in [-0.05, 0) is 25.0 Å². The topological polar surface area (TPSA) is 29.5 Å². The summed E-state index contributed by atoms with van der Waals surface area (Å²) >= 11 is 5.77. The molecule has 1 aromatic carbocycles. The van der Waals surface area contributed by atoms with Crippen molar-refractivity contribution in [2.75, 3.05) is 6.61 Å². The van der Waals surface area contributed by atoms with Crippen molar-refractivity contribution in [2.45, 2.75) is 25.0 Å². The van der Waals surface area contributed by atoms with E-state index in [-0.39, 0.29) is 0 Å². The van der Waals surface area contributed by atoms with Gasteiger partial charge in [-0.3, -0.25) is 0 Å².